The smallest absolute Gasteiger partial charge is 0.407 e. The zero-order valence-electron chi connectivity index (χ0n) is 17.9. The summed E-state index contributed by atoms with van der Waals surface area (Å²) in [5.74, 6) is -0.311. The quantitative estimate of drug-likeness (QED) is 0.451. The molecule has 4 N–H and O–H groups in total. The van der Waals surface area contributed by atoms with Crippen molar-refractivity contribution in [1.29, 1.82) is 0 Å². The Morgan fingerprint density at radius 3 is 2.91 bits per heavy atom. The average Bonchev–Trinajstić information content (AvgIpc) is 3.26. The minimum absolute atomic E-state index is 0.0819. The zero-order chi connectivity index (χ0) is 22.3. The molecule has 0 saturated carbocycles. The molecule has 1 aliphatic rings. The number of aryl methyl sites for hydroxylation is 1. The van der Waals surface area contributed by atoms with Crippen molar-refractivity contribution in [2.75, 3.05) is 32.1 Å². The fourth-order valence-corrected chi connectivity index (χ4v) is 3.77. The first-order valence-corrected chi connectivity index (χ1v) is 10.6. The Morgan fingerprint density at radius 1 is 1.25 bits per heavy atom. The van der Waals surface area contributed by atoms with Crippen LogP contribution >= 0.6 is 0 Å². The number of aromatic nitrogens is 2. The lowest BCUT2D eigenvalue weighted by molar-refractivity contribution is -0.115. The Balaban J connectivity index is 1.27. The minimum atomic E-state index is -0.641. The molecular formula is C23H27N5O4. The molecule has 2 atom stereocenters. The summed E-state index contributed by atoms with van der Waals surface area (Å²) in [5, 5.41) is 9.86. The molecule has 0 spiro atoms. The maximum Gasteiger partial charge on any atom is 0.407 e. The largest absolute Gasteiger partial charge is 0.453 e. The van der Waals surface area contributed by atoms with E-state index in [0.29, 0.717) is 6.61 Å². The molecule has 2 aromatic heterocycles. The van der Waals surface area contributed by atoms with Crippen LogP contribution in [0.25, 0.3) is 11.0 Å². The lowest BCUT2D eigenvalue weighted by atomic mass is 10.0. The number of alkyl carbamates (subject to hydrolysis) is 1. The van der Waals surface area contributed by atoms with Crippen molar-refractivity contribution in [2.24, 2.45) is 0 Å². The van der Waals surface area contributed by atoms with E-state index >= 15 is 0 Å². The fraction of sp³-hybridized carbons (Fsp3) is 0.348. The van der Waals surface area contributed by atoms with Crippen LogP contribution in [-0.4, -0.2) is 54.9 Å². The maximum atomic E-state index is 12.1. The monoisotopic (exact) mass is 437 g/mol. The highest BCUT2D eigenvalue weighted by Gasteiger charge is 2.23. The third kappa shape index (κ3) is 5.43. The topological polar surface area (TPSA) is 117 Å². The van der Waals surface area contributed by atoms with Crippen molar-refractivity contribution >= 4 is 28.7 Å². The molecule has 1 aliphatic heterocycles. The van der Waals surface area contributed by atoms with Gasteiger partial charge in [-0.2, -0.15) is 0 Å². The van der Waals surface area contributed by atoms with Crippen LogP contribution in [0, 0.1) is 0 Å². The number of ether oxygens (including phenoxy) is 2. The lowest BCUT2D eigenvalue weighted by Crippen LogP contribution is -2.41. The molecule has 168 valence electrons. The van der Waals surface area contributed by atoms with E-state index in [-0.39, 0.29) is 24.6 Å². The third-order valence-corrected chi connectivity index (χ3v) is 5.48. The maximum absolute atomic E-state index is 12.1. The van der Waals surface area contributed by atoms with Gasteiger partial charge in [0.2, 0.25) is 5.91 Å². The summed E-state index contributed by atoms with van der Waals surface area (Å²) in [6, 6.07) is 13.8. The first-order valence-electron chi connectivity index (χ1n) is 10.6. The number of hydrogen-bond donors (Lipinski definition) is 4. The molecule has 0 bridgehead atoms. The second-order valence-corrected chi connectivity index (χ2v) is 7.67. The molecule has 2 amide bonds. The van der Waals surface area contributed by atoms with Gasteiger partial charge in [0.05, 0.1) is 25.9 Å². The second kappa shape index (κ2) is 10.3. The van der Waals surface area contributed by atoms with Gasteiger partial charge in [0.1, 0.15) is 12.2 Å². The number of morpholine rings is 1. The van der Waals surface area contributed by atoms with Crippen molar-refractivity contribution in [1.82, 2.24) is 20.6 Å². The standard InChI is InChI=1S/C23H27N5O4/c1-31-23(30)26-13-21(29)27-18-7-3-2-5-15(18)8-9-17-12-25-20(14-32-17)19-11-16-6-4-10-24-22(16)28-19/h2-7,10-11,17,20,25H,8-9,12-14H2,1H3,(H,24,28)(H,26,30)(H,27,29)/t17-,20+/m1/s1. The zero-order valence-corrected chi connectivity index (χ0v) is 17.9. The summed E-state index contributed by atoms with van der Waals surface area (Å²) in [6.07, 6.45) is 2.80. The first kappa shape index (κ1) is 21.8. The Bertz CT molecular complexity index is 1040. The highest BCUT2D eigenvalue weighted by Crippen LogP contribution is 2.23. The van der Waals surface area contributed by atoms with Gasteiger partial charge in [-0.15, -0.1) is 0 Å². The number of amides is 2. The molecule has 9 heteroatoms. The molecule has 1 saturated heterocycles. The number of fused-ring (bicyclic) bond motifs is 1. The number of benzene rings is 1. The number of carbonyl (C=O) groups is 2. The summed E-state index contributed by atoms with van der Waals surface area (Å²) in [6.45, 7) is 1.17. The summed E-state index contributed by atoms with van der Waals surface area (Å²) >= 11 is 0. The van der Waals surface area contributed by atoms with E-state index < -0.39 is 6.09 Å². The average molecular weight is 438 g/mol. The van der Waals surface area contributed by atoms with E-state index in [1.54, 1.807) is 6.20 Å². The van der Waals surface area contributed by atoms with Gasteiger partial charge in [-0.1, -0.05) is 18.2 Å². The molecule has 9 nitrogen and oxygen atoms in total. The van der Waals surface area contributed by atoms with E-state index in [4.69, 9.17) is 4.74 Å². The molecule has 3 aromatic rings. The highest BCUT2D eigenvalue weighted by atomic mass is 16.5. The molecule has 0 unspecified atom stereocenters. The van der Waals surface area contributed by atoms with E-state index in [9.17, 15) is 9.59 Å². The number of H-pyrrole nitrogens is 1. The van der Waals surface area contributed by atoms with Gasteiger partial charge < -0.3 is 30.4 Å². The number of rotatable bonds is 7. The number of aromatic amines is 1. The Labute approximate surface area is 185 Å². The fourth-order valence-electron chi connectivity index (χ4n) is 3.77. The second-order valence-electron chi connectivity index (χ2n) is 7.67. The van der Waals surface area contributed by atoms with Crippen LogP contribution in [-0.2, 0) is 20.7 Å². The van der Waals surface area contributed by atoms with Gasteiger partial charge >= 0.3 is 6.09 Å². The van der Waals surface area contributed by atoms with Crippen LogP contribution in [0.4, 0.5) is 10.5 Å². The van der Waals surface area contributed by atoms with Crippen LogP contribution in [0.2, 0.25) is 0 Å². The number of nitrogens with zero attached hydrogens (tertiary/aromatic N) is 1. The van der Waals surface area contributed by atoms with Crippen LogP contribution in [0.1, 0.15) is 23.7 Å². The lowest BCUT2D eigenvalue weighted by Gasteiger charge is -2.30. The van der Waals surface area contributed by atoms with E-state index in [1.165, 1.54) is 7.11 Å². The summed E-state index contributed by atoms with van der Waals surface area (Å²) in [7, 11) is 1.25. The number of hydrogen-bond acceptors (Lipinski definition) is 6. The predicted molar refractivity (Wildman–Crippen MR) is 120 cm³/mol. The number of carbonyl (C=O) groups excluding carboxylic acids is 2. The minimum Gasteiger partial charge on any atom is -0.453 e. The summed E-state index contributed by atoms with van der Waals surface area (Å²) < 4.78 is 10.6. The number of para-hydroxylation sites is 1. The first-order chi connectivity index (χ1) is 15.6. The van der Waals surface area contributed by atoms with Gasteiger partial charge in [0.25, 0.3) is 0 Å². The highest BCUT2D eigenvalue weighted by molar-refractivity contribution is 5.94. The number of nitrogens with one attached hydrogen (secondary N) is 4. The van der Waals surface area contributed by atoms with Crippen molar-refractivity contribution in [2.45, 2.75) is 25.0 Å². The third-order valence-electron chi connectivity index (χ3n) is 5.48. The Kier molecular flexibility index (Phi) is 6.98. The van der Waals surface area contributed by atoms with Gasteiger partial charge in [0, 0.05) is 29.5 Å². The summed E-state index contributed by atoms with van der Waals surface area (Å²) in [4.78, 5) is 30.9. The van der Waals surface area contributed by atoms with Gasteiger partial charge in [-0.05, 0) is 42.7 Å². The van der Waals surface area contributed by atoms with Crippen molar-refractivity contribution in [3.8, 4) is 0 Å². The normalized spacial score (nSPS) is 18.3. The number of pyridine rings is 1. The molecule has 1 aromatic carbocycles. The molecule has 32 heavy (non-hydrogen) atoms. The van der Waals surface area contributed by atoms with E-state index in [0.717, 1.165) is 47.4 Å². The van der Waals surface area contributed by atoms with Crippen LogP contribution in [0.5, 0.6) is 0 Å². The van der Waals surface area contributed by atoms with Crippen molar-refractivity contribution in [3.05, 3.63) is 59.9 Å². The van der Waals surface area contributed by atoms with E-state index in [2.05, 4.69) is 36.7 Å². The van der Waals surface area contributed by atoms with Crippen LogP contribution in [0.3, 0.4) is 0 Å². The number of anilines is 1. The molecule has 4 rings (SSSR count). The Morgan fingerprint density at radius 2 is 2.12 bits per heavy atom. The van der Waals surface area contributed by atoms with Crippen molar-refractivity contribution < 1.29 is 19.1 Å². The van der Waals surface area contributed by atoms with Gasteiger partial charge in [-0.25, -0.2) is 9.78 Å². The molecule has 0 radical (unpaired) electrons. The molecular weight excluding hydrogens is 410 g/mol. The van der Waals surface area contributed by atoms with Crippen molar-refractivity contribution in [3.63, 3.8) is 0 Å². The SMILES string of the molecule is COC(=O)NCC(=O)Nc1ccccc1CC[C@@H]1CN[C@H](c2cc3cccnc3[nH]2)CO1. The van der Waals surface area contributed by atoms with E-state index in [1.807, 2.05) is 36.4 Å². The molecule has 0 aliphatic carbocycles. The van der Waals surface area contributed by atoms with Gasteiger partial charge in [0.15, 0.2) is 0 Å². The number of methoxy groups -OCH3 is 1. The van der Waals surface area contributed by atoms with Crippen LogP contribution in [0.15, 0.2) is 48.7 Å². The Hall–Kier alpha value is -3.43. The summed E-state index contributed by atoms with van der Waals surface area (Å²) in [5.41, 5.74) is 3.71. The van der Waals surface area contributed by atoms with Gasteiger partial charge in [-0.3, -0.25) is 4.79 Å². The molecule has 3 heterocycles. The predicted octanol–water partition coefficient (Wildman–Crippen LogP) is 2.52. The van der Waals surface area contributed by atoms with Crippen LogP contribution < -0.4 is 16.0 Å². The molecule has 1 fully saturated rings.